The second-order valence-electron chi connectivity index (χ2n) is 5.40. The molecule has 128 valence electrons. The second-order valence-corrected chi connectivity index (χ2v) is 7.09. The first-order valence-electron chi connectivity index (χ1n) is 7.98. The maximum atomic E-state index is 12.8. The van der Waals surface area contributed by atoms with Crippen molar-refractivity contribution < 1.29 is 4.79 Å². The summed E-state index contributed by atoms with van der Waals surface area (Å²) in [5, 5.41) is 3.30. The van der Waals surface area contributed by atoms with E-state index in [0.717, 1.165) is 16.3 Å². The Morgan fingerprint density at radius 3 is 2.48 bits per heavy atom. The fourth-order valence-corrected chi connectivity index (χ4v) is 3.41. The van der Waals surface area contributed by atoms with Crippen LogP contribution in [0.25, 0.3) is 0 Å². The molecule has 0 fully saturated rings. The summed E-state index contributed by atoms with van der Waals surface area (Å²) in [6.07, 6.45) is 1.76. The van der Waals surface area contributed by atoms with Gasteiger partial charge in [0.2, 0.25) is 0 Å². The number of thiazole rings is 1. The molecule has 3 rings (SSSR count). The minimum Gasteiger partial charge on any atom is -0.380 e. The summed E-state index contributed by atoms with van der Waals surface area (Å²) in [6.45, 7) is 3.25. The molecule has 3 aromatic rings. The fourth-order valence-electron chi connectivity index (χ4n) is 2.49. The predicted molar refractivity (Wildman–Crippen MR) is 105 cm³/mol. The molecule has 0 saturated carbocycles. The van der Waals surface area contributed by atoms with Gasteiger partial charge >= 0.3 is 0 Å². The van der Waals surface area contributed by atoms with Gasteiger partial charge in [0.1, 0.15) is 0 Å². The molecule has 25 heavy (non-hydrogen) atoms. The third-order valence-electron chi connectivity index (χ3n) is 3.75. The van der Waals surface area contributed by atoms with Gasteiger partial charge in [-0.05, 0) is 43.3 Å². The zero-order chi connectivity index (χ0) is 17.6. The van der Waals surface area contributed by atoms with E-state index in [1.165, 1.54) is 11.3 Å². The van der Waals surface area contributed by atoms with Crippen molar-refractivity contribution in [2.45, 2.75) is 13.5 Å². The zero-order valence-corrected chi connectivity index (χ0v) is 15.3. The summed E-state index contributed by atoms with van der Waals surface area (Å²) < 4.78 is 0.540. The van der Waals surface area contributed by atoms with Crippen molar-refractivity contribution in [3.8, 4) is 0 Å². The first kappa shape index (κ1) is 17.5. The Bertz CT molecular complexity index is 833. The van der Waals surface area contributed by atoms with Gasteiger partial charge in [0.15, 0.2) is 4.47 Å². The molecule has 0 unspecified atom stereocenters. The first-order valence-corrected chi connectivity index (χ1v) is 9.18. The second kappa shape index (κ2) is 8.14. The minimum absolute atomic E-state index is 0.00510. The maximum Gasteiger partial charge on any atom is 0.258 e. The van der Waals surface area contributed by atoms with Crippen LogP contribution >= 0.6 is 22.9 Å². The molecule has 1 heterocycles. The first-order chi connectivity index (χ1) is 12.2. The highest BCUT2D eigenvalue weighted by molar-refractivity contribution is 7.15. The van der Waals surface area contributed by atoms with Crippen LogP contribution in [0.15, 0.2) is 60.8 Å². The van der Waals surface area contributed by atoms with Crippen molar-refractivity contribution in [3.63, 3.8) is 0 Å². The van der Waals surface area contributed by atoms with Crippen molar-refractivity contribution in [3.05, 3.63) is 75.7 Å². The summed E-state index contributed by atoms with van der Waals surface area (Å²) in [7, 11) is 0. The van der Waals surface area contributed by atoms with Crippen LogP contribution in [0.1, 0.15) is 22.2 Å². The van der Waals surface area contributed by atoms with Crippen molar-refractivity contribution in [1.29, 1.82) is 0 Å². The number of para-hydroxylation sites is 1. The number of halogens is 1. The molecule has 0 saturated heterocycles. The molecule has 0 aliphatic heterocycles. The number of hydrogen-bond donors (Lipinski definition) is 1. The number of nitrogens with one attached hydrogen (secondary N) is 1. The van der Waals surface area contributed by atoms with E-state index in [4.69, 9.17) is 11.6 Å². The fraction of sp³-hybridized carbons (Fsp3) is 0.158. The Balaban J connectivity index is 1.67. The molecule has 4 nitrogen and oxygen atoms in total. The smallest absolute Gasteiger partial charge is 0.258 e. The molecule has 0 radical (unpaired) electrons. The van der Waals surface area contributed by atoms with Crippen LogP contribution in [0.4, 0.5) is 11.4 Å². The van der Waals surface area contributed by atoms with E-state index in [1.807, 2.05) is 61.5 Å². The number of rotatable bonds is 6. The van der Waals surface area contributed by atoms with Gasteiger partial charge in [0.25, 0.3) is 5.91 Å². The van der Waals surface area contributed by atoms with Crippen molar-refractivity contribution >= 4 is 40.2 Å². The normalized spacial score (nSPS) is 10.5. The average molecular weight is 372 g/mol. The van der Waals surface area contributed by atoms with E-state index in [-0.39, 0.29) is 5.91 Å². The SMILES string of the molecule is CCN(C(=O)c1ccc(NCc2cnc(Cl)s2)cc1)c1ccccc1. The molecule has 0 spiro atoms. The third kappa shape index (κ3) is 4.38. The van der Waals surface area contributed by atoms with Crippen LogP contribution in [-0.2, 0) is 6.54 Å². The minimum atomic E-state index is -0.00510. The van der Waals surface area contributed by atoms with Crippen LogP contribution in [0.2, 0.25) is 4.47 Å². The quantitative estimate of drug-likeness (QED) is 0.657. The highest BCUT2D eigenvalue weighted by Gasteiger charge is 2.15. The zero-order valence-electron chi connectivity index (χ0n) is 13.8. The lowest BCUT2D eigenvalue weighted by Crippen LogP contribution is -2.30. The standard InChI is InChI=1S/C19H18ClN3OS/c1-2-23(16-6-4-3-5-7-16)18(24)14-8-10-15(11-9-14)21-12-17-13-22-19(20)25-17/h3-11,13,21H,2,12H2,1H3. The Kier molecular flexibility index (Phi) is 5.68. The third-order valence-corrected chi connectivity index (χ3v) is 4.87. The predicted octanol–water partition coefficient (Wildman–Crippen LogP) is 5.08. The molecule has 1 aromatic heterocycles. The van der Waals surface area contributed by atoms with E-state index in [0.29, 0.717) is 23.1 Å². The molecule has 0 aliphatic carbocycles. The number of anilines is 2. The van der Waals surface area contributed by atoms with Crippen LogP contribution < -0.4 is 10.2 Å². The Morgan fingerprint density at radius 1 is 1.16 bits per heavy atom. The summed E-state index contributed by atoms with van der Waals surface area (Å²) >= 11 is 7.28. The van der Waals surface area contributed by atoms with Gasteiger partial charge in [-0.15, -0.1) is 11.3 Å². The van der Waals surface area contributed by atoms with E-state index in [2.05, 4.69) is 10.3 Å². The molecule has 2 aromatic carbocycles. The van der Waals surface area contributed by atoms with Crippen LogP contribution in [0, 0.1) is 0 Å². The largest absolute Gasteiger partial charge is 0.380 e. The summed E-state index contributed by atoms with van der Waals surface area (Å²) in [5.41, 5.74) is 2.51. The monoisotopic (exact) mass is 371 g/mol. The van der Waals surface area contributed by atoms with Crippen molar-refractivity contribution in [1.82, 2.24) is 4.98 Å². The van der Waals surface area contributed by atoms with Crippen LogP contribution in [-0.4, -0.2) is 17.4 Å². The molecule has 6 heteroatoms. The molecule has 0 aliphatic rings. The van der Waals surface area contributed by atoms with Crippen molar-refractivity contribution in [2.75, 3.05) is 16.8 Å². The summed E-state index contributed by atoms with van der Waals surface area (Å²) in [6, 6.07) is 17.2. The number of amides is 1. The number of carbonyl (C=O) groups is 1. The van der Waals surface area contributed by atoms with Crippen LogP contribution in [0.5, 0.6) is 0 Å². The Hall–Kier alpha value is -2.37. The lowest BCUT2D eigenvalue weighted by atomic mass is 10.1. The lowest BCUT2D eigenvalue weighted by Gasteiger charge is -2.21. The van der Waals surface area contributed by atoms with Gasteiger partial charge in [0.05, 0.1) is 6.54 Å². The number of aromatic nitrogens is 1. The molecule has 0 atom stereocenters. The van der Waals surface area contributed by atoms with Gasteiger partial charge < -0.3 is 10.2 Å². The average Bonchev–Trinajstić information content (AvgIpc) is 3.07. The number of nitrogens with zero attached hydrogens (tertiary/aromatic N) is 2. The number of hydrogen-bond acceptors (Lipinski definition) is 4. The van der Waals surface area contributed by atoms with Crippen molar-refractivity contribution in [2.24, 2.45) is 0 Å². The Morgan fingerprint density at radius 2 is 1.88 bits per heavy atom. The van der Waals surface area contributed by atoms with Crippen LogP contribution in [0.3, 0.4) is 0 Å². The highest BCUT2D eigenvalue weighted by atomic mass is 35.5. The molecule has 1 N–H and O–H groups in total. The molecule has 0 bridgehead atoms. The molecular weight excluding hydrogens is 354 g/mol. The summed E-state index contributed by atoms with van der Waals surface area (Å²) in [4.78, 5) is 19.6. The highest BCUT2D eigenvalue weighted by Crippen LogP contribution is 2.20. The summed E-state index contributed by atoms with van der Waals surface area (Å²) in [5.74, 6) is -0.00510. The topological polar surface area (TPSA) is 45.2 Å². The van der Waals surface area contributed by atoms with E-state index < -0.39 is 0 Å². The maximum absolute atomic E-state index is 12.8. The van der Waals surface area contributed by atoms with E-state index in [1.54, 1.807) is 11.1 Å². The van der Waals surface area contributed by atoms with E-state index >= 15 is 0 Å². The number of benzene rings is 2. The number of carbonyl (C=O) groups excluding carboxylic acids is 1. The van der Waals surface area contributed by atoms with Gasteiger partial charge in [-0.25, -0.2) is 4.98 Å². The Labute approximate surface area is 156 Å². The van der Waals surface area contributed by atoms with Gasteiger partial charge in [0, 0.05) is 34.6 Å². The van der Waals surface area contributed by atoms with E-state index in [9.17, 15) is 4.79 Å². The van der Waals surface area contributed by atoms with Gasteiger partial charge in [-0.2, -0.15) is 0 Å². The van der Waals surface area contributed by atoms with Gasteiger partial charge in [-0.3, -0.25) is 4.79 Å². The van der Waals surface area contributed by atoms with Gasteiger partial charge in [-0.1, -0.05) is 29.8 Å². The molecular formula is C19H18ClN3OS. The molecule has 1 amide bonds. The lowest BCUT2D eigenvalue weighted by molar-refractivity contribution is 0.0988.